The Bertz CT molecular complexity index is 427. The minimum Gasteiger partial charge on any atom is -0.384 e. The van der Waals surface area contributed by atoms with Crippen molar-refractivity contribution in [3.8, 4) is 0 Å². The predicted octanol–water partition coefficient (Wildman–Crippen LogP) is 2.09. The molecule has 4 heteroatoms. The minimum absolute atomic E-state index is 0.0680. The number of nitrogens with one attached hydrogen (secondary N) is 1. The monoisotopic (exact) mass is 235 g/mol. The maximum Gasteiger partial charge on any atom is 0.123 e. The Balaban J connectivity index is 2.16. The quantitative estimate of drug-likeness (QED) is 0.620. The molecule has 1 aromatic carbocycles. The summed E-state index contributed by atoms with van der Waals surface area (Å²) in [6, 6.07) is 5.11. The lowest BCUT2D eigenvalue weighted by molar-refractivity contribution is 0.152. The first-order valence-corrected chi connectivity index (χ1v) is 5.91. The van der Waals surface area contributed by atoms with Gasteiger partial charge >= 0.3 is 0 Å². The van der Waals surface area contributed by atoms with Crippen LogP contribution in [0.3, 0.4) is 0 Å². The number of hydrogen-bond donors (Lipinski definition) is 2. The van der Waals surface area contributed by atoms with Crippen molar-refractivity contribution in [3.63, 3.8) is 0 Å². The second-order valence-electron chi connectivity index (χ2n) is 4.71. The third kappa shape index (κ3) is 2.64. The molecule has 2 rings (SSSR count). The summed E-state index contributed by atoms with van der Waals surface area (Å²) in [5, 5.41) is 7.48. The molecule has 1 aliphatic rings. The number of hydrogen-bond acceptors (Lipinski definition) is 2. The van der Waals surface area contributed by atoms with Crippen LogP contribution in [0, 0.1) is 11.2 Å². The number of rotatable bonds is 4. The van der Waals surface area contributed by atoms with Gasteiger partial charge in [0.2, 0.25) is 0 Å². The minimum atomic E-state index is -0.342. The second kappa shape index (κ2) is 4.84. The molecule has 0 aliphatic heterocycles. The number of nitrogens with two attached hydrogens (primary N) is 1. The summed E-state index contributed by atoms with van der Waals surface area (Å²) in [5.41, 5.74) is 6.91. The molecular weight excluding hydrogens is 217 g/mol. The fourth-order valence-corrected chi connectivity index (χ4v) is 2.16. The zero-order valence-corrected chi connectivity index (χ0v) is 10.0. The Kier molecular flexibility index (Phi) is 3.43. The Labute approximate surface area is 101 Å². The average Bonchev–Trinajstić information content (AvgIpc) is 2.17. The molecule has 17 heavy (non-hydrogen) atoms. The molecular formula is C13H18FN3. The lowest BCUT2D eigenvalue weighted by Crippen LogP contribution is -2.37. The first-order chi connectivity index (χ1) is 8.08. The highest BCUT2D eigenvalue weighted by Gasteiger charge is 2.22. The molecule has 0 aromatic heterocycles. The van der Waals surface area contributed by atoms with Gasteiger partial charge in [-0.05, 0) is 37.6 Å². The van der Waals surface area contributed by atoms with Crippen molar-refractivity contribution in [1.29, 1.82) is 5.41 Å². The van der Waals surface area contributed by atoms with E-state index in [-0.39, 0.29) is 11.7 Å². The van der Waals surface area contributed by atoms with Gasteiger partial charge in [0.15, 0.2) is 0 Å². The van der Waals surface area contributed by atoms with Crippen LogP contribution in [0.2, 0.25) is 0 Å². The van der Waals surface area contributed by atoms with Crippen molar-refractivity contribution in [2.75, 3.05) is 7.05 Å². The summed E-state index contributed by atoms with van der Waals surface area (Å²) >= 11 is 0. The first kappa shape index (κ1) is 12.0. The van der Waals surface area contributed by atoms with Gasteiger partial charge in [-0.15, -0.1) is 0 Å². The van der Waals surface area contributed by atoms with Crippen LogP contribution in [0.4, 0.5) is 4.39 Å². The molecule has 0 bridgehead atoms. The van der Waals surface area contributed by atoms with E-state index in [9.17, 15) is 4.39 Å². The molecule has 92 valence electrons. The van der Waals surface area contributed by atoms with Gasteiger partial charge in [0.25, 0.3) is 0 Å². The topological polar surface area (TPSA) is 53.1 Å². The van der Waals surface area contributed by atoms with Crippen LogP contribution < -0.4 is 5.73 Å². The second-order valence-corrected chi connectivity index (χ2v) is 4.71. The number of nitrogens with zero attached hydrogens (tertiary/aromatic N) is 1. The molecule has 0 unspecified atom stereocenters. The summed E-state index contributed by atoms with van der Waals surface area (Å²) in [6.45, 7) is 0.722. The van der Waals surface area contributed by atoms with E-state index in [1.807, 2.05) is 0 Å². The maximum atomic E-state index is 13.1. The van der Waals surface area contributed by atoms with Gasteiger partial charge in [0.05, 0.1) is 0 Å². The lowest BCUT2D eigenvalue weighted by Gasteiger charge is -2.35. The summed E-state index contributed by atoms with van der Waals surface area (Å²) in [4.78, 5) is 2.25. The Hall–Kier alpha value is -1.42. The van der Waals surface area contributed by atoms with Crippen LogP contribution >= 0.6 is 0 Å². The van der Waals surface area contributed by atoms with Crippen molar-refractivity contribution in [2.45, 2.75) is 31.8 Å². The van der Waals surface area contributed by atoms with Crippen molar-refractivity contribution >= 4 is 5.84 Å². The summed E-state index contributed by atoms with van der Waals surface area (Å²) in [7, 11) is 2.07. The van der Waals surface area contributed by atoms with Crippen LogP contribution in [-0.4, -0.2) is 23.8 Å². The van der Waals surface area contributed by atoms with Crippen LogP contribution in [0.5, 0.6) is 0 Å². The van der Waals surface area contributed by atoms with Gasteiger partial charge in [-0.25, -0.2) is 4.39 Å². The fourth-order valence-electron chi connectivity index (χ4n) is 2.16. The highest BCUT2D eigenvalue weighted by Crippen LogP contribution is 2.25. The van der Waals surface area contributed by atoms with E-state index in [2.05, 4.69) is 11.9 Å². The van der Waals surface area contributed by atoms with Crippen LogP contribution in [0.15, 0.2) is 18.2 Å². The molecule has 0 spiro atoms. The van der Waals surface area contributed by atoms with Gasteiger partial charge in [-0.2, -0.15) is 0 Å². The molecule has 0 atom stereocenters. The lowest BCUT2D eigenvalue weighted by atomic mass is 9.91. The number of halogens is 1. The molecule has 1 fully saturated rings. The third-order valence-corrected chi connectivity index (χ3v) is 3.48. The van der Waals surface area contributed by atoms with Crippen molar-refractivity contribution in [2.24, 2.45) is 5.73 Å². The van der Waals surface area contributed by atoms with Gasteiger partial charge in [0, 0.05) is 18.2 Å². The predicted molar refractivity (Wildman–Crippen MR) is 66.5 cm³/mol. The van der Waals surface area contributed by atoms with E-state index >= 15 is 0 Å². The smallest absolute Gasteiger partial charge is 0.123 e. The van der Waals surface area contributed by atoms with Gasteiger partial charge in [0.1, 0.15) is 11.7 Å². The molecule has 0 saturated heterocycles. The van der Waals surface area contributed by atoms with E-state index < -0.39 is 0 Å². The normalized spacial score (nSPS) is 15.9. The summed E-state index contributed by atoms with van der Waals surface area (Å²) < 4.78 is 13.1. The molecule has 1 saturated carbocycles. The van der Waals surface area contributed by atoms with Gasteiger partial charge < -0.3 is 5.73 Å². The van der Waals surface area contributed by atoms with E-state index in [1.54, 1.807) is 6.07 Å². The molecule has 3 N–H and O–H groups in total. The van der Waals surface area contributed by atoms with Gasteiger partial charge in [-0.1, -0.05) is 12.5 Å². The Morgan fingerprint density at radius 1 is 1.53 bits per heavy atom. The zero-order chi connectivity index (χ0) is 12.4. The zero-order valence-electron chi connectivity index (χ0n) is 10.0. The van der Waals surface area contributed by atoms with Crippen LogP contribution in [-0.2, 0) is 6.54 Å². The molecule has 1 aromatic rings. The van der Waals surface area contributed by atoms with Crippen molar-refractivity contribution in [1.82, 2.24) is 4.90 Å². The number of nitrogen functional groups attached to an aromatic ring is 1. The largest absolute Gasteiger partial charge is 0.384 e. The van der Waals surface area contributed by atoms with Crippen molar-refractivity contribution in [3.05, 3.63) is 35.1 Å². The summed E-state index contributed by atoms with van der Waals surface area (Å²) in [6.07, 6.45) is 3.75. The van der Waals surface area contributed by atoms with Crippen LogP contribution in [0.25, 0.3) is 0 Å². The van der Waals surface area contributed by atoms with Crippen molar-refractivity contribution < 1.29 is 4.39 Å². The molecule has 3 nitrogen and oxygen atoms in total. The SMILES string of the molecule is CN(Cc1ccc(F)cc1C(=N)N)C1CCC1. The van der Waals surface area contributed by atoms with E-state index in [0.29, 0.717) is 11.6 Å². The molecule has 0 amide bonds. The van der Waals surface area contributed by atoms with Crippen LogP contribution in [0.1, 0.15) is 30.4 Å². The number of benzene rings is 1. The number of amidine groups is 1. The highest BCUT2D eigenvalue weighted by molar-refractivity contribution is 5.96. The molecule has 0 radical (unpaired) electrons. The Morgan fingerprint density at radius 2 is 2.24 bits per heavy atom. The first-order valence-electron chi connectivity index (χ1n) is 5.91. The van der Waals surface area contributed by atoms with Gasteiger partial charge in [-0.3, -0.25) is 10.3 Å². The fraction of sp³-hybridized carbons (Fsp3) is 0.462. The highest BCUT2D eigenvalue weighted by atomic mass is 19.1. The third-order valence-electron chi connectivity index (χ3n) is 3.48. The average molecular weight is 235 g/mol. The van der Waals surface area contributed by atoms with E-state index in [4.69, 9.17) is 11.1 Å². The Morgan fingerprint density at radius 3 is 2.76 bits per heavy atom. The standard InChI is InChI=1S/C13H18FN3/c1-17(11-3-2-4-11)8-9-5-6-10(14)7-12(9)13(15)16/h5-7,11H,2-4,8H2,1H3,(H3,15,16). The molecule has 0 heterocycles. The van der Waals surface area contributed by atoms with E-state index in [1.165, 1.54) is 31.4 Å². The molecule has 1 aliphatic carbocycles. The van der Waals surface area contributed by atoms with E-state index in [0.717, 1.165) is 12.1 Å². The summed E-state index contributed by atoms with van der Waals surface area (Å²) in [5.74, 6) is -0.410. The maximum absolute atomic E-state index is 13.1.